The van der Waals surface area contributed by atoms with Crippen molar-refractivity contribution in [2.75, 3.05) is 26.2 Å². The third kappa shape index (κ3) is 5.52. The first-order valence-electron chi connectivity index (χ1n) is 10.4. The second-order valence-corrected chi connectivity index (χ2v) is 8.71. The number of likely N-dealkylation sites (tertiary alicyclic amines) is 1. The summed E-state index contributed by atoms with van der Waals surface area (Å²) in [5.74, 6) is -3.18. The molecule has 0 aliphatic carbocycles. The third-order valence-corrected chi connectivity index (χ3v) is 6.26. The zero-order valence-corrected chi connectivity index (χ0v) is 18.0. The van der Waals surface area contributed by atoms with Gasteiger partial charge in [0.15, 0.2) is 17.4 Å². The minimum Gasteiger partial charge on any atom is -0.484 e. The molecule has 2 aliphatic rings. The van der Waals surface area contributed by atoms with Crippen LogP contribution in [0.2, 0.25) is 0 Å². The van der Waals surface area contributed by atoms with Gasteiger partial charge < -0.3 is 9.26 Å². The second kappa shape index (κ2) is 9.52. The van der Waals surface area contributed by atoms with Crippen molar-refractivity contribution in [3.8, 4) is 5.75 Å². The van der Waals surface area contributed by atoms with Crippen LogP contribution in [0.4, 0.5) is 22.0 Å². The Kier molecular flexibility index (Phi) is 6.91. The summed E-state index contributed by atoms with van der Waals surface area (Å²) in [6.45, 7) is 2.50. The summed E-state index contributed by atoms with van der Waals surface area (Å²) in [5.41, 5.74) is 0.626. The highest BCUT2D eigenvalue weighted by atomic mass is 32.1. The quantitative estimate of drug-likeness (QED) is 0.507. The van der Waals surface area contributed by atoms with E-state index < -0.39 is 29.7 Å². The predicted molar refractivity (Wildman–Crippen MR) is 107 cm³/mol. The van der Waals surface area contributed by atoms with Crippen molar-refractivity contribution >= 4 is 12.8 Å². The molecule has 0 amide bonds. The van der Waals surface area contributed by atoms with Gasteiger partial charge in [0.1, 0.15) is 6.10 Å². The largest absolute Gasteiger partial charge is 0.484 e. The number of alkyl halides is 3. The average Bonchev–Trinajstić information content (AvgIpc) is 3.21. The summed E-state index contributed by atoms with van der Waals surface area (Å²) < 4.78 is 79.2. The molecule has 12 heteroatoms. The standard InChI is InChI=1S/C20H23F5N4O2S/c21-15-9-13(12-1-7-29(32)8-2-12)10-16(22)18(15)30-14-3-5-28(6-4-14)11-17-26-19(27-31-17)20(23,24)25/h9-10,12,14,32H,1-8,11H2. The van der Waals surface area contributed by atoms with Gasteiger partial charge in [-0.2, -0.15) is 18.2 Å². The van der Waals surface area contributed by atoms with Gasteiger partial charge in [-0.05, 0) is 49.3 Å². The summed E-state index contributed by atoms with van der Waals surface area (Å²) in [4.78, 5) is 5.19. The minimum absolute atomic E-state index is 0.0678. The second-order valence-electron chi connectivity index (χ2n) is 8.14. The highest BCUT2D eigenvalue weighted by Gasteiger charge is 2.37. The Morgan fingerprint density at radius 2 is 1.66 bits per heavy atom. The van der Waals surface area contributed by atoms with Crippen molar-refractivity contribution in [2.24, 2.45) is 0 Å². The van der Waals surface area contributed by atoms with Crippen LogP contribution >= 0.6 is 12.8 Å². The lowest BCUT2D eigenvalue weighted by atomic mass is 9.90. The van der Waals surface area contributed by atoms with Crippen molar-refractivity contribution in [3.63, 3.8) is 0 Å². The molecule has 32 heavy (non-hydrogen) atoms. The molecule has 1 aromatic carbocycles. The van der Waals surface area contributed by atoms with Crippen LogP contribution in [0.3, 0.4) is 0 Å². The monoisotopic (exact) mass is 478 g/mol. The number of piperidine rings is 2. The lowest BCUT2D eigenvalue weighted by Gasteiger charge is -2.31. The van der Waals surface area contributed by atoms with Gasteiger partial charge in [0.2, 0.25) is 5.89 Å². The fraction of sp³-hybridized carbons (Fsp3) is 0.600. The smallest absolute Gasteiger partial charge is 0.455 e. The molecule has 6 nitrogen and oxygen atoms in total. The van der Waals surface area contributed by atoms with Crippen LogP contribution in [0.15, 0.2) is 16.7 Å². The van der Waals surface area contributed by atoms with Crippen LogP contribution in [0.25, 0.3) is 0 Å². The molecule has 0 unspecified atom stereocenters. The van der Waals surface area contributed by atoms with E-state index in [2.05, 4.69) is 27.5 Å². The van der Waals surface area contributed by atoms with E-state index in [1.54, 1.807) is 0 Å². The average molecular weight is 478 g/mol. The van der Waals surface area contributed by atoms with Crippen LogP contribution in [0, 0.1) is 11.6 Å². The molecule has 2 fully saturated rings. The van der Waals surface area contributed by atoms with Gasteiger partial charge in [0, 0.05) is 26.2 Å². The van der Waals surface area contributed by atoms with E-state index in [9.17, 15) is 22.0 Å². The van der Waals surface area contributed by atoms with Gasteiger partial charge in [-0.1, -0.05) is 18.0 Å². The van der Waals surface area contributed by atoms with Crippen LogP contribution < -0.4 is 4.74 Å². The molecule has 4 rings (SSSR count). The number of thiol groups is 1. The third-order valence-electron chi connectivity index (χ3n) is 5.86. The zero-order chi connectivity index (χ0) is 22.9. The summed E-state index contributed by atoms with van der Waals surface area (Å²) in [7, 11) is 0. The maximum atomic E-state index is 14.6. The van der Waals surface area contributed by atoms with Gasteiger partial charge in [-0.15, -0.1) is 0 Å². The molecule has 176 valence electrons. The SMILES string of the molecule is Fc1cc(C2CCN(S)CC2)cc(F)c1OC1CCN(Cc2nc(C(F)(F)F)no2)CC1. The number of aromatic nitrogens is 2. The van der Waals surface area contributed by atoms with Crippen LogP contribution in [0.5, 0.6) is 5.75 Å². The first-order chi connectivity index (χ1) is 15.2. The van der Waals surface area contributed by atoms with Crippen molar-refractivity contribution < 1.29 is 31.2 Å². The van der Waals surface area contributed by atoms with Crippen molar-refractivity contribution in [2.45, 2.75) is 50.4 Å². The highest BCUT2D eigenvalue weighted by molar-refractivity contribution is 7.77. The Hall–Kier alpha value is -1.92. The van der Waals surface area contributed by atoms with Gasteiger partial charge in [-0.25, -0.2) is 8.78 Å². The minimum atomic E-state index is -4.66. The molecule has 2 aromatic rings. The van der Waals surface area contributed by atoms with Crippen LogP contribution in [0.1, 0.15) is 48.9 Å². The molecular weight excluding hydrogens is 455 g/mol. The van der Waals surface area contributed by atoms with E-state index in [0.29, 0.717) is 31.5 Å². The van der Waals surface area contributed by atoms with Crippen LogP contribution in [-0.2, 0) is 12.7 Å². The van der Waals surface area contributed by atoms with E-state index in [4.69, 9.17) is 4.74 Å². The Labute approximate surface area is 187 Å². The van der Waals surface area contributed by atoms with Crippen molar-refractivity contribution in [1.82, 2.24) is 19.3 Å². The molecule has 0 N–H and O–H groups in total. The van der Waals surface area contributed by atoms with E-state index in [0.717, 1.165) is 25.9 Å². The Morgan fingerprint density at radius 1 is 1.03 bits per heavy atom. The Balaban J connectivity index is 1.31. The molecule has 2 aliphatic heterocycles. The Morgan fingerprint density at radius 3 is 2.22 bits per heavy atom. The molecule has 0 atom stereocenters. The van der Waals surface area contributed by atoms with E-state index >= 15 is 0 Å². The first kappa shape index (κ1) is 23.2. The molecule has 0 bridgehead atoms. The van der Waals surface area contributed by atoms with Gasteiger partial charge in [-0.3, -0.25) is 9.21 Å². The molecule has 0 saturated carbocycles. The fourth-order valence-corrected chi connectivity index (χ4v) is 4.34. The maximum absolute atomic E-state index is 14.6. The summed E-state index contributed by atoms with van der Waals surface area (Å²) in [6, 6.07) is 2.69. The summed E-state index contributed by atoms with van der Waals surface area (Å²) in [6.07, 6.45) is -2.57. The number of hydrogen-bond donors (Lipinski definition) is 1. The molecule has 0 radical (unpaired) electrons. The highest BCUT2D eigenvalue weighted by Crippen LogP contribution is 2.34. The topological polar surface area (TPSA) is 54.6 Å². The van der Waals surface area contributed by atoms with E-state index in [-0.39, 0.29) is 24.1 Å². The molecule has 1 aromatic heterocycles. The van der Waals surface area contributed by atoms with Gasteiger partial charge in [0.05, 0.1) is 6.54 Å². The van der Waals surface area contributed by atoms with Crippen LogP contribution in [-0.4, -0.2) is 51.6 Å². The number of benzene rings is 1. The number of halogens is 5. The normalized spacial score (nSPS) is 20.1. The van der Waals surface area contributed by atoms with Crippen molar-refractivity contribution in [3.05, 3.63) is 41.0 Å². The van der Waals surface area contributed by atoms with Crippen molar-refractivity contribution in [1.29, 1.82) is 0 Å². The number of nitrogens with zero attached hydrogens (tertiary/aromatic N) is 4. The van der Waals surface area contributed by atoms with Gasteiger partial charge in [0.25, 0.3) is 5.82 Å². The first-order valence-corrected chi connectivity index (χ1v) is 10.8. The molecule has 2 saturated heterocycles. The number of ether oxygens (including phenoxy) is 1. The molecule has 3 heterocycles. The molecular formula is C20H23F5N4O2S. The fourth-order valence-electron chi connectivity index (χ4n) is 4.10. The van der Waals surface area contributed by atoms with E-state index in [1.165, 1.54) is 12.1 Å². The predicted octanol–water partition coefficient (Wildman–Crippen LogP) is 4.43. The summed E-state index contributed by atoms with van der Waals surface area (Å²) in [5, 5.41) is 2.94. The molecule has 0 spiro atoms. The van der Waals surface area contributed by atoms with Gasteiger partial charge >= 0.3 is 6.18 Å². The lowest BCUT2D eigenvalue weighted by Crippen LogP contribution is -2.38. The maximum Gasteiger partial charge on any atom is 0.455 e. The zero-order valence-electron chi connectivity index (χ0n) is 17.1. The van der Waals surface area contributed by atoms with E-state index in [1.807, 2.05) is 9.21 Å². The number of hydrogen-bond acceptors (Lipinski definition) is 7. The Bertz CT molecular complexity index is 902. The number of rotatable bonds is 5. The summed E-state index contributed by atoms with van der Waals surface area (Å²) >= 11 is 4.30. The lowest BCUT2D eigenvalue weighted by molar-refractivity contribution is -0.146.